The van der Waals surface area contributed by atoms with Gasteiger partial charge in [-0.1, -0.05) is 63.2 Å². The van der Waals surface area contributed by atoms with Gasteiger partial charge in [0, 0.05) is 52.2 Å². The number of thiazole rings is 1. The van der Waals surface area contributed by atoms with Crippen LogP contribution in [0.15, 0.2) is 90.6 Å². The zero-order valence-electron chi connectivity index (χ0n) is 43.4. The van der Waals surface area contributed by atoms with Crippen LogP contribution >= 0.6 is 11.3 Å². The minimum atomic E-state index is -0.991. The van der Waals surface area contributed by atoms with Gasteiger partial charge >= 0.3 is 0 Å². The highest BCUT2D eigenvalue weighted by atomic mass is 32.1. The monoisotopic (exact) mass is 1060 g/mol. The average Bonchev–Trinajstić information content (AvgIpc) is 4.27. The van der Waals surface area contributed by atoms with Crippen molar-refractivity contribution >= 4 is 52.2 Å². The molecule has 4 atom stereocenters. The van der Waals surface area contributed by atoms with Crippen LogP contribution in [0, 0.1) is 18.2 Å². The lowest BCUT2D eigenvalue weighted by molar-refractivity contribution is -0.144. The number of fused-ring (bicyclic) bond motifs is 1. The number of halogens is 1. The summed E-state index contributed by atoms with van der Waals surface area (Å²) < 4.78 is 32.7. The van der Waals surface area contributed by atoms with Gasteiger partial charge in [-0.3, -0.25) is 19.2 Å². The van der Waals surface area contributed by atoms with Crippen LogP contribution in [-0.4, -0.2) is 160 Å². The first kappa shape index (κ1) is 53.9. The van der Waals surface area contributed by atoms with E-state index in [0.29, 0.717) is 31.8 Å². The number of nitrogens with zero attached hydrogens (tertiary/aromatic N) is 9. The fraction of sp³-hybridized carbons (Fsp3) is 0.455. The lowest BCUT2D eigenvalue weighted by atomic mass is 9.85. The Bertz CT molecular complexity index is 2980. The van der Waals surface area contributed by atoms with Gasteiger partial charge in [-0.05, 0) is 78.3 Å². The van der Waals surface area contributed by atoms with E-state index < -0.39 is 35.4 Å². The minimum absolute atomic E-state index is 0.0306. The Morgan fingerprint density at radius 3 is 2.36 bits per heavy atom. The Kier molecular flexibility index (Phi) is 17.3. The highest BCUT2D eigenvalue weighted by Gasteiger charge is 2.44. The van der Waals surface area contributed by atoms with Crippen molar-refractivity contribution in [2.75, 3.05) is 88.7 Å². The van der Waals surface area contributed by atoms with E-state index in [1.54, 1.807) is 34.6 Å². The van der Waals surface area contributed by atoms with Crippen LogP contribution in [0.25, 0.3) is 27.5 Å². The summed E-state index contributed by atoms with van der Waals surface area (Å²) in [7, 11) is 0. The number of carbonyl (C=O) groups is 4. The Balaban J connectivity index is 0.659. The topological polar surface area (TPSA) is 209 Å². The molecule has 3 saturated heterocycles. The van der Waals surface area contributed by atoms with Crippen molar-refractivity contribution in [3.8, 4) is 21.8 Å². The van der Waals surface area contributed by atoms with Crippen molar-refractivity contribution in [1.29, 1.82) is 0 Å². The summed E-state index contributed by atoms with van der Waals surface area (Å²) in [5, 5.41) is 21.3. The van der Waals surface area contributed by atoms with Crippen molar-refractivity contribution in [3.63, 3.8) is 0 Å². The normalized spacial score (nSPS) is 18.4. The van der Waals surface area contributed by atoms with Crippen LogP contribution in [0.2, 0.25) is 0 Å². The summed E-state index contributed by atoms with van der Waals surface area (Å²) in [5.74, 6) is -0.143. The molecule has 0 unspecified atom stereocenters. The van der Waals surface area contributed by atoms with Gasteiger partial charge in [0.1, 0.15) is 48.4 Å². The molecule has 3 aliphatic rings. The number of aliphatic hydroxyl groups is 1. The molecule has 4 aromatic heterocycles. The third kappa shape index (κ3) is 13.0. The predicted octanol–water partition coefficient (Wildman–Crippen LogP) is 5.21. The molecule has 4 amide bonds. The molecule has 21 heteroatoms. The van der Waals surface area contributed by atoms with Crippen LogP contribution in [-0.2, 0) is 39.9 Å². The van der Waals surface area contributed by atoms with E-state index >= 15 is 0 Å². The summed E-state index contributed by atoms with van der Waals surface area (Å²) in [5.41, 5.74) is 7.07. The van der Waals surface area contributed by atoms with E-state index in [0.717, 1.165) is 69.7 Å². The van der Waals surface area contributed by atoms with Crippen molar-refractivity contribution < 1.29 is 42.9 Å². The number of rotatable bonds is 20. The number of ether oxygens (including phenoxy) is 3. The number of aromatic nitrogens is 5. The number of anilines is 2. The van der Waals surface area contributed by atoms with Crippen LogP contribution in [0.3, 0.4) is 0 Å². The van der Waals surface area contributed by atoms with Crippen LogP contribution < -0.4 is 20.4 Å². The number of hydrogen-bond acceptors (Lipinski definition) is 15. The summed E-state index contributed by atoms with van der Waals surface area (Å²) in [6.07, 6.45) is 2.86. The molecule has 6 aromatic rings. The van der Waals surface area contributed by atoms with E-state index in [1.807, 2.05) is 98.4 Å². The van der Waals surface area contributed by atoms with Crippen LogP contribution in [0.1, 0.15) is 62.9 Å². The number of carbonyl (C=O) groups excluding carboxylic acids is 4. The van der Waals surface area contributed by atoms with Gasteiger partial charge in [0.25, 0.3) is 0 Å². The lowest BCUT2D eigenvalue weighted by Gasteiger charge is -2.35. The summed E-state index contributed by atoms with van der Waals surface area (Å²) >= 11 is 1.57. The molecule has 9 rings (SSSR count). The van der Waals surface area contributed by atoms with Crippen LogP contribution in [0.4, 0.5) is 16.0 Å². The smallest absolute Gasteiger partial charge is 0.248 e. The summed E-state index contributed by atoms with van der Waals surface area (Å²) in [6, 6.07) is 22.5. The number of nitrogens with one attached hydrogen (secondary N) is 2. The first-order valence-electron chi connectivity index (χ1n) is 25.9. The second-order valence-corrected chi connectivity index (χ2v) is 21.3. The fourth-order valence-corrected chi connectivity index (χ4v) is 10.8. The maximum Gasteiger partial charge on any atom is 0.248 e. The Labute approximate surface area is 445 Å². The average molecular weight is 1060 g/mol. The lowest BCUT2D eigenvalue weighted by Crippen LogP contribution is -2.58. The Morgan fingerprint density at radius 2 is 1.62 bits per heavy atom. The number of piperazine rings is 1. The van der Waals surface area contributed by atoms with Gasteiger partial charge in [-0.25, -0.2) is 23.9 Å². The minimum Gasteiger partial charge on any atom is -0.391 e. The molecule has 0 aliphatic carbocycles. The van der Waals surface area contributed by atoms with Gasteiger partial charge in [0.2, 0.25) is 23.6 Å². The van der Waals surface area contributed by atoms with Crippen LogP contribution in [0.5, 0.6) is 0 Å². The first-order chi connectivity index (χ1) is 36.7. The third-order valence-electron chi connectivity index (χ3n) is 14.0. The molecule has 402 valence electrons. The quantitative estimate of drug-likeness (QED) is 0.0840. The summed E-state index contributed by atoms with van der Waals surface area (Å²) in [4.78, 5) is 76.1. The van der Waals surface area contributed by atoms with E-state index in [1.165, 1.54) is 11.0 Å². The van der Waals surface area contributed by atoms with Crippen molar-refractivity contribution in [2.45, 2.75) is 77.7 Å². The third-order valence-corrected chi connectivity index (χ3v) is 15.0. The van der Waals surface area contributed by atoms with Crippen molar-refractivity contribution in [3.05, 3.63) is 113 Å². The largest absolute Gasteiger partial charge is 0.391 e. The van der Waals surface area contributed by atoms with Gasteiger partial charge in [0.15, 0.2) is 5.65 Å². The molecule has 0 bridgehead atoms. The molecule has 0 spiro atoms. The number of amides is 4. The molecule has 76 heavy (non-hydrogen) atoms. The zero-order chi connectivity index (χ0) is 53.3. The molecule has 0 saturated carbocycles. The van der Waals surface area contributed by atoms with E-state index in [2.05, 4.69) is 30.4 Å². The molecule has 2 aromatic carbocycles. The molecule has 3 fully saturated rings. The Hall–Kier alpha value is -6.91. The summed E-state index contributed by atoms with van der Waals surface area (Å²) in [6.45, 7) is 10.9. The maximum absolute atomic E-state index is 14.1. The standard InChI is InChI=1S/C55H66FN11O8S/c1-36-51(76-35-59-36)38-15-13-37(14-16-38)30-58-53(71)44-29-41(68)32-66(44)54(72)52(55(2,3)4)61-49(69)33-74-26-24-73-25-27-75-34-50(70)64-22-20-63(21-23-64)47-12-6-10-42(60-47)45-31-57-46-17-18-48(62-67(45)46)65-19-7-11-43(65)39-8-5-9-40(56)28-39/h5-6,8-10,12-18,28,31,35,41,43-44,52,68H,7,11,19-27,29-30,32-34H2,1-4H3,(H,58,71)(H,61,69)/t41-,43-,44+,52-/m1/s1. The van der Waals surface area contributed by atoms with E-state index in [4.69, 9.17) is 24.3 Å². The van der Waals surface area contributed by atoms with Gasteiger partial charge in [-0.2, -0.15) is 0 Å². The number of benzene rings is 2. The number of hydrogen-bond donors (Lipinski definition) is 3. The molecule has 19 nitrogen and oxygen atoms in total. The molecular formula is C55H66FN11O8S. The molecular weight excluding hydrogens is 994 g/mol. The van der Waals surface area contributed by atoms with Gasteiger partial charge in [0.05, 0.1) is 66.5 Å². The fourth-order valence-electron chi connectivity index (χ4n) is 9.96. The first-order valence-corrected chi connectivity index (χ1v) is 26.7. The molecule has 3 N–H and O–H groups in total. The van der Waals surface area contributed by atoms with Crippen molar-refractivity contribution in [2.24, 2.45) is 5.41 Å². The van der Waals surface area contributed by atoms with E-state index in [-0.39, 0.29) is 82.8 Å². The second kappa shape index (κ2) is 24.4. The number of aryl methyl sites for hydroxylation is 1. The number of pyridine rings is 1. The molecule has 0 radical (unpaired) electrons. The number of β-amino-alcohol motifs (C(OH)–C–C–N with tert-alkyl or cyclic N) is 1. The van der Waals surface area contributed by atoms with Gasteiger partial charge < -0.3 is 49.6 Å². The highest BCUT2D eigenvalue weighted by Crippen LogP contribution is 2.36. The number of imidazole rings is 1. The number of likely N-dealkylation sites (tertiary alicyclic amines) is 1. The van der Waals surface area contributed by atoms with E-state index in [9.17, 15) is 28.7 Å². The number of aliphatic hydroxyl groups excluding tert-OH is 1. The zero-order valence-corrected chi connectivity index (χ0v) is 44.2. The van der Waals surface area contributed by atoms with Crippen molar-refractivity contribution in [1.82, 2.24) is 45.0 Å². The SMILES string of the molecule is Cc1ncsc1-c1ccc(CNC(=O)[C@@H]2C[C@@H](O)CN2C(=O)[C@@H](NC(=O)COCCOCCOCC(=O)N2CCN(c3cccc(-c4cnc5ccc(N6CCC[C@@H]6c6cccc(F)c6)nn45)n3)CC2)C(C)(C)C)cc1. The molecule has 3 aliphatic heterocycles. The highest BCUT2D eigenvalue weighted by molar-refractivity contribution is 7.13. The molecule has 7 heterocycles. The predicted molar refractivity (Wildman–Crippen MR) is 285 cm³/mol. The van der Waals surface area contributed by atoms with Gasteiger partial charge in [-0.15, -0.1) is 16.4 Å². The maximum atomic E-state index is 14.1. The Morgan fingerprint density at radius 1 is 0.868 bits per heavy atom. The second-order valence-electron chi connectivity index (χ2n) is 20.4.